The number of ether oxygens (including phenoxy) is 2. The molecule has 14 heteroatoms. The number of aryl methyl sites for hydroxylation is 1. The number of hydrogen-bond donors (Lipinski definition) is 2. The van der Waals surface area contributed by atoms with E-state index in [-0.39, 0.29) is 25.0 Å². The Bertz CT molecular complexity index is 1240. The van der Waals surface area contributed by atoms with Crippen molar-refractivity contribution in [1.29, 1.82) is 0 Å². The van der Waals surface area contributed by atoms with Gasteiger partial charge in [0.1, 0.15) is 12.3 Å². The van der Waals surface area contributed by atoms with E-state index in [1.54, 1.807) is 39.0 Å². The molecule has 0 bridgehead atoms. The molecule has 0 saturated heterocycles. The maximum absolute atomic E-state index is 13.1. The van der Waals surface area contributed by atoms with E-state index in [0.717, 1.165) is 31.2 Å². The lowest BCUT2D eigenvalue weighted by Gasteiger charge is -2.25. The number of aliphatic carboxylic acids is 1. The zero-order chi connectivity index (χ0) is 31.1. The first-order chi connectivity index (χ1) is 19.7. The van der Waals surface area contributed by atoms with Gasteiger partial charge < -0.3 is 29.4 Å². The second-order valence-electron chi connectivity index (χ2n) is 11.2. The molecule has 2 aliphatic heterocycles. The minimum absolute atomic E-state index is 0.0594. The van der Waals surface area contributed by atoms with E-state index >= 15 is 0 Å². The molecule has 3 heterocycles. The molecule has 0 saturated carbocycles. The number of anilines is 1. The van der Waals surface area contributed by atoms with Crippen LogP contribution in [-0.2, 0) is 45.1 Å². The van der Waals surface area contributed by atoms with Gasteiger partial charge in [0.05, 0.1) is 30.1 Å². The molecular weight excluding hydrogens is 581 g/mol. The fourth-order valence-corrected chi connectivity index (χ4v) is 4.64. The number of imidazole rings is 1. The lowest BCUT2D eigenvalue weighted by atomic mass is 9.94. The summed E-state index contributed by atoms with van der Waals surface area (Å²) in [6, 6.07) is 4.97. The summed E-state index contributed by atoms with van der Waals surface area (Å²) in [6.45, 7) is 5.81. The summed E-state index contributed by atoms with van der Waals surface area (Å²) < 4.78 is 51.6. The third-order valence-corrected chi connectivity index (χ3v) is 6.68. The third kappa shape index (κ3) is 9.81. The summed E-state index contributed by atoms with van der Waals surface area (Å²) in [7, 11) is 0. The first kappa shape index (κ1) is 33.0. The van der Waals surface area contributed by atoms with Crippen LogP contribution in [0.5, 0.6) is 5.75 Å². The summed E-state index contributed by atoms with van der Waals surface area (Å²) in [5.41, 5.74) is 1.63. The largest absolute Gasteiger partial charge is 0.493 e. The molecule has 2 N–H and O–H groups in total. The Morgan fingerprint density at radius 3 is 2.55 bits per heavy atom. The first-order valence-corrected chi connectivity index (χ1v) is 14.0. The van der Waals surface area contributed by atoms with Crippen molar-refractivity contribution in [3.05, 3.63) is 41.2 Å². The quantitative estimate of drug-likeness (QED) is 0.325. The fraction of sp³-hybridized carbons (Fsp3) is 0.571. The number of esters is 1. The number of fused-ring (bicyclic) bond motifs is 2. The van der Waals surface area contributed by atoms with Gasteiger partial charge in [0.2, 0.25) is 11.9 Å². The molecular formula is C28H36ClF3N4O6. The summed E-state index contributed by atoms with van der Waals surface area (Å²) in [5, 5.41) is 12.3. The molecule has 0 spiro atoms. The normalized spacial score (nSPS) is 16.7. The van der Waals surface area contributed by atoms with Gasteiger partial charge in [-0.3, -0.25) is 14.4 Å². The average molecular weight is 617 g/mol. The summed E-state index contributed by atoms with van der Waals surface area (Å²) >= 11 is 5.16. The molecule has 1 aromatic heterocycles. The fourth-order valence-electron chi connectivity index (χ4n) is 4.54. The van der Waals surface area contributed by atoms with E-state index in [2.05, 4.69) is 19.6 Å². The van der Waals surface area contributed by atoms with Gasteiger partial charge in [0, 0.05) is 32.3 Å². The van der Waals surface area contributed by atoms with Crippen LogP contribution in [0.25, 0.3) is 0 Å². The number of carboxylic acid groups (broad SMARTS) is 1. The van der Waals surface area contributed by atoms with Crippen LogP contribution in [0.1, 0.15) is 50.4 Å². The molecule has 0 radical (unpaired) electrons. The minimum Gasteiger partial charge on any atom is -0.493 e. The lowest BCUT2D eigenvalue weighted by Crippen LogP contribution is -2.41. The highest BCUT2D eigenvalue weighted by Crippen LogP contribution is 2.30. The number of carboxylic acids is 1. The van der Waals surface area contributed by atoms with Crippen LogP contribution in [0.2, 0.25) is 0 Å². The van der Waals surface area contributed by atoms with Gasteiger partial charge >= 0.3 is 18.1 Å². The van der Waals surface area contributed by atoms with Gasteiger partial charge in [-0.1, -0.05) is 17.7 Å². The number of benzene rings is 1. The second kappa shape index (κ2) is 14.1. The highest BCUT2D eigenvalue weighted by Gasteiger charge is 2.38. The van der Waals surface area contributed by atoms with E-state index in [4.69, 9.17) is 21.4 Å². The van der Waals surface area contributed by atoms with Crippen LogP contribution in [0.4, 0.5) is 19.1 Å². The van der Waals surface area contributed by atoms with E-state index in [9.17, 15) is 27.6 Å². The predicted molar refractivity (Wildman–Crippen MR) is 148 cm³/mol. The molecule has 42 heavy (non-hydrogen) atoms. The summed E-state index contributed by atoms with van der Waals surface area (Å²) in [4.78, 5) is 39.8. The predicted octanol–water partition coefficient (Wildman–Crippen LogP) is 4.63. The molecule has 0 aliphatic carbocycles. The maximum atomic E-state index is 13.1. The van der Waals surface area contributed by atoms with E-state index in [1.165, 1.54) is 0 Å². The molecule has 10 nitrogen and oxygen atoms in total. The SMILES string of the molecule is CC(C)(C)C(=O)OCCl.O=C(O)C[C@@H]1Cc2ccc(OCCc3cn4c(n3)NCCC4)cc2CN(CC(F)(F)F)C1=O. The number of amides is 1. The smallest absolute Gasteiger partial charge is 0.406 e. The number of carbonyl (C=O) groups is 3. The molecule has 1 aromatic carbocycles. The first-order valence-electron chi connectivity index (χ1n) is 13.5. The third-order valence-electron chi connectivity index (χ3n) is 6.57. The van der Waals surface area contributed by atoms with Gasteiger partial charge in [-0.2, -0.15) is 13.2 Å². The Morgan fingerprint density at radius 1 is 1.21 bits per heavy atom. The lowest BCUT2D eigenvalue weighted by molar-refractivity contribution is -0.165. The van der Waals surface area contributed by atoms with Gasteiger partial charge in [-0.15, -0.1) is 0 Å². The monoisotopic (exact) mass is 616 g/mol. The molecule has 1 amide bonds. The Kier molecular flexibility index (Phi) is 11.1. The van der Waals surface area contributed by atoms with Gasteiger partial charge in [0.25, 0.3) is 0 Å². The maximum Gasteiger partial charge on any atom is 0.406 e. The number of rotatable bonds is 8. The topological polar surface area (TPSA) is 123 Å². The summed E-state index contributed by atoms with van der Waals surface area (Å²) in [6.07, 6.45) is -1.45. The van der Waals surface area contributed by atoms with Crippen LogP contribution < -0.4 is 10.1 Å². The van der Waals surface area contributed by atoms with E-state index in [1.807, 2.05) is 6.20 Å². The van der Waals surface area contributed by atoms with Crippen LogP contribution in [-0.4, -0.2) is 69.3 Å². The zero-order valence-corrected chi connectivity index (χ0v) is 24.6. The Balaban J connectivity index is 0.000000467. The minimum atomic E-state index is -4.58. The Hall–Kier alpha value is -3.48. The van der Waals surface area contributed by atoms with Crippen molar-refractivity contribution in [3.63, 3.8) is 0 Å². The number of aromatic nitrogens is 2. The molecule has 2 aromatic rings. The zero-order valence-electron chi connectivity index (χ0n) is 23.8. The van der Waals surface area contributed by atoms with Gasteiger partial charge in [0.15, 0.2) is 6.07 Å². The molecule has 1 atom stereocenters. The molecule has 0 fully saturated rings. The highest BCUT2D eigenvalue weighted by atomic mass is 35.5. The van der Waals surface area contributed by atoms with Crippen molar-refractivity contribution in [2.24, 2.45) is 11.3 Å². The van der Waals surface area contributed by atoms with Gasteiger partial charge in [-0.05, 0) is 56.9 Å². The number of hydrogen-bond acceptors (Lipinski definition) is 7. The van der Waals surface area contributed by atoms with Crippen LogP contribution in [0.3, 0.4) is 0 Å². The van der Waals surface area contributed by atoms with Crippen molar-refractivity contribution in [2.45, 2.75) is 65.7 Å². The van der Waals surface area contributed by atoms with Crippen LogP contribution >= 0.6 is 11.6 Å². The van der Waals surface area contributed by atoms with Crippen molar-refractivity contribution in [2.75, 3.05) is 31.1 Å². The number of carbonyl (C=O) groups excluding carboxylic acids is 2. The molecule has 232 valence electrons. The van der Waals surface area contributed by atoms with E-state index in [0.29, 0.717) is 34.8 Å². The Labute approximate surface area is 247 Å². The number of nitrogens with one attached hydrogen (secondary N) is 1. The van der Waals surface area contributed by atoms with Crippen LogP contribution in [0, 0.1) is 11.3 Å². The van der Waals surface area contributed by atoms with Crippen molar-refractivity contribution in [3.8, 4) is 5.75 Å². The molecule has 2 aliphatic rings. The van der Waals surface area contributed by atoms with E-state index < -0.39 is 42.4 Å². The average Bonchev–Trinajstić information content (AvgIpc) is 3.25. The number of halogens is 4. The van der Waals surface area contributed by atoms with Crippen LogP contribution in [0.15, 0.2) is 24.4 Å². The van der Waals surface area contributed by atoms with Crippen molar-refractivity contribution in [1.82, 2.24) is 14.5 Å². The Morgan fingerprint density at radius 2 is 1.95 bits per heavy atom. The molecule has 4 rings (SSSR count). The molecule has 0 unspecified atom stereocenters. The van der Waals surface area contributed by atoms with Crippen molar-refractivity contribution >= 4 is 35.4 Å². The second-order valence-corrected chi connectivity index (χ2v) is 11.4. The van der Waals surface area contributed by atoms with Crippen molar-refractivity contribution < 1.29 is 42.1 Å². The summed E-state index contributed by atoms with van der Waals surface area (Å²) in [5.74, 6) is -2.01. The number of nitrogens with zero attached hydrogens (tertiary/aromatic N) is 3. The standard InChI is InChI=1S/C22H25F3N4O4.C6H11ClO2/c23-22(24,25)13-29-11-16-9-18(3-2-14(16)8-15(20(29)32)10-19(30)31)33-7-4-17-12-28-6-1-5-26-21(28)27-17;1-6(2,3)5(8)9-4-7/h2-3,9,12,15H,1,4-8,10-11,13H2,(H,26,27)(H,30,31);4H2,1-3H3/t15-;/m0./s1. The number of alkyl halides is 4. The highest BCUT2D eigenvalue weighted by molar-refractivity contribution is 6.17. The van der Waals surface area contributed by atoms with Gasteiger partial charge in [-0.25, -0.2) is 4.98 Å².